The average molecular weight is 277 g/mol. The van der Waals surface area contributed by atoms with Crippen molar-refractivity contribution in [3.63, 3.8) is 0 Å². The van der Waals surface area contributed by atoms with Gasteiger partial charge in [0.2, 0.25) is 10.0 Å². The van der Waals surface area contributed by atoms with Gasteiger partial charge in [0.15, 0.2) is 11.6 Å². The number of hydrogen-bond donors (Lipinski definition) is 1. The van der Waals surface area contributed by atoms with Gasteiger partial charge < -0.3 is 4.74 Å². The molecule has 100 valence electrons. The van der Waals surface area contributed by atoms with Crippen molar-refractivity contribution in [3.8, 4) is 5.75 Å². The summed E-state index contributed by atoms with van der Waals surface area (Å²) in [6.07, 6.45) is 0.591. The summed E-state index contributed by atoms with van der Waals surface area (Å²) in [6.45, 7) is 5.37. The number of hydrogen-bond acceptors (Lipinski definition) is 3. The third-order valence-electron chi connectivity index (χ3n) is 2.20. The van der Waals surface area contributed by atoms with Gasteiger partial charge in [-0.1, -0.05) is 13.5 Å². The maximum absolute atomic E-state index is 13.5. The highest BCUT2D eigenvalue weighted by atomic mass is 32.2. The molecular formula is C11H13F2NO3S. The van der Waals surface area contributed by atoms with Crippen LogP contribution in [0.4, 0.5) is 8.78 Å². The van der Waals surface area contributed by atoms with E-state index in [9.17, 15) is 17.2 Å². The molecule has 0 bridgehead atoms. The molecule has 0 aliphatic heterocycles. The molecule has 0 saturated carbocycles. The monoisotopic (exact) mass is 277 g/mol. The lowest BCUT2D eigenvalue weighted by Crippen LogP contribution is -2.16. The summed E-state index contributed by atoms with van der Waals surface area (Å²) in [5.41, 5.74) is 0.638. The minimum Gasteiger partial charge on any atom is -0.485 e. The summed E-state index contributed by atoms with van der Waals surface area (Å²) in [5, 5.41) is 4.87. The minimum absolute atomic E-state index is 0.0679. The first-order chi connectivity index (χ1) is 8.25. The Morgan fingerprint density at radius 3 is 2.56 bits per heavy atom. The second kappa shape index (κ2) is 5.45. The van der Waals surface area contributed by atoms with Crippen molar-refractivity contribution in [2.75, 3.05) is 6.61 Å². The molecule has 1 aromatic rings. The molecule has 0 aromatic heterocycles. The van der Waals surface area contributed by atoms with Crippen LogP contribution in [0.2, 0.25) is 0 Å². The van der Waals surface area contributed by atoms with Crippen molar-refractivity contribution in [1.82, 2.24) is 0 Å². The Labute approximate surface area is 104 Å². The van der Waals surface area contributed by atoms with Gasteiger partial charge in [-0.3, -0.25) is 0 Å². The zero-order chi connectivity index (χ0) is 13.9. The first-order valence-electron chi connectivity index (χ1n) is 5.07. The van der Waals surface area contributed by atoms with Gasteiger partial charge in [0, 0.05) is 6.07 Å². The summed E-state index contributed by atoms with van der Waals surface area (Å²) >= 11 is 0. The predicted octanol–water partition coefficient (Wildman–Crippen LogP) is 1.96. The van der Waals surface area contributed by atoms with E-state index >= 15 is 0 Å². The Balaban J connectivity index is 3.21. The standard InChI is InChI=1S/C11H13F2NO3S/c1-3-7(2)6-17-11-9(13)4-8(12)5-10(11)18(14,15)16/h4-5H,2-3,6H2,1H3,(H2,14,15,16). The van der Waals surface area contributed by atoms with Crippen LogP contribution in [-0.4, -0.2) is 15.0 Å². The summed E-state index contributed by atoms with van der Waals surface area (Å²) < 4.78 is 53.9. The number of rotatable bonds is 5. The number of halogens is 2. The fourth-order valence-electron chi connectivity index (χ4n) is 1.16. The van der Waals surface area contributed by atoms with E-state index in [0.29, 0.717) is 24.1 Å². The smallest absolute Gasteiger partial charge is 0.241 e. The Kier molecular flexibility index (Phi) is 4.42. The number of primary sulfonamides is 1. The van der Waals surface area contributed by atoms with E-state index in [-0.39, 0.29) is 6.61 Å². The van der Waals surface area contributed by atoms with Crippen LogP contribution in [0, 0.1) is 11.6 Å². The zero-order valence-electron chi connectivity index (χ0n) is 9.74. The van der Waals surface area contributed by atoms with Crippen LogP contribution in [0.5, 0.6) is 5.75 Å². The highest BCUT2D eigenvalue weighted by Gasteiger charge is 2.21. The summed E-state index contributed by atoms with van der Waals surface area (Å²) in [4.78, 5) is -0.719. The maximum atomic E-state index is 13.5. The fraction of sp³-hybridized carbons (Fsp3) is 0.273. The molecule has 7 heteroatoms. The molecule has 0 aliphatic carbocycles. The molecule has 0 unspecified atom stereocenters. The lowest BCUT2D eigenvalue weighted by Gasteiger charge is -2.12. The van der Waals surface area contributed by atoms with Gasteiger partial charge in [0.1, 0.15) is 17.3 Å². The number of benzene rings is 1. The molecule has 18 heavy (non-hydrogen) atoms. The van der Waals surface area contributed by atoms with Crippen LogP contribution in [0.3, 0.4) is 0 Å². The predicted molar refractivity (Wildman–Crippen MR) is 62.7 cm³/mol. The van der Waals surface area contributed by atoms with Crippen molar-refractivity contribution in [1.29, 1.82) is 0 Å². The number of nitrogens with two attached hydrogens (primary N) is 1. The van der Waals surface area contributed by atoms with E-state index in [1.807, 2.05) is 6.92 Å². The van der Waals surface area contributed by atoms with Crippen LogP contribution >= 0.6 is 0 Å². The van der Waals surface area contributed by atoms with Crippen molar-refractivity contribution in [3.05, 3.63) is 35.9 Å². The van der Waals surface area contributed by atoms with Crippen LogP contribution < -0.4 is 9.88 Å². The molecule has 0 fully saturated rings. The SMILES string of the molecule is C=C(CC)COc1c(F)cc(F)cc1S(N)(=O)=O. The van der Waals surface area contributed by atoms with Crippen molar-refractivity contribution < 1.29 is 21.9 Å². The molecule has 0 radical (unpaired) electrons. The molecule has 1 aromatic carbocycles. The summed E-state index contributed by atoms with van der Waals surface area (Å²) in [7, 11) is -4.27. The molecule has 1 rings (SSSR count). The van der Waals surface area contributed by atoms with Crippen LogP contribution in [-0.2, 0) is 10.0 Å². The molecule has 4 nitrogen and oxygen atoms in total. The Hall–Kier alpha value is -1.47. The molecule has 0 saturated heterocycles. The third kappa shape index (κ3) is 3.51. The lowest BCUT2D eigenvalue weighted by atomic mass is 10.2. The highest BCUT2D eigenvalue weighted by molar-refractivity contribution is 7.89. The maximum Gasteiger partial charge on any atom is 0.241 e. The van der Waals surface area contributed by atoms with E-state index in [0.717, 1.165) is 0 Å². The molecule has 0 spiro atoms. The van der Waals surface area contributed by atoms with E-state index in [1.54, 1.807) is 0 Å². The molecular weight excluding hydrogens is 264 g/mol. The van der Waals surface area contributed by atoms with Gasteiger partial charge in [-0.15, -0.1) is 0 Å². The average Bonchev–Trinajstić information content (AvgIpc) is 2.25. The summed E-state index contributed by atoms with van der Waals surface area (Å²) in [6, 6.07) is 1.14. The van der Waals surface area contributed by atoms with E-state index in [1.165, 1.54) is 0 Å². The highest BCUT2D eigenvalue weighted by Crippen LogP contribution is 2.28. The summed E-state index contributed by atoms with van der Waals surface area (Å²) in [5.74, 6) is -2.75. The third-order valence-corrected chi connectivity index (χ3v) is 3.12. The molecule has 0 amide bonds. The Morgan fingerprint density at radius 2 is 2.06 bits per heavy atom. The van der Waals surface area contributed by atoms with Gasteiger partial charge in [0.25, 0.3) is 0 Å². The van der Waals surface area contributed by atoms with Crippen LogP contribution in [0.1, 0.15) is 13.3 Å². The molecule has 0 aliphatic rings. The largest absolute Gasteiger partial charge is 0.485 e. The van der Waals surface area contributed by atoms with Crippen molar-refractivity contribution >= 4 is 10.0 Å². The minimum atomic E-state index is -4.27. The van der Waals surface area contributed by atoms with Gasteiger partial charge in [-0.25, -0.2) is 22.3 Å². The second-order valence-electron chi connectivity index (χ2n) is 3.65. The van der Waals surface area contributed by atoms with E-state index in [2.05, 4.69) is 6.58 Å². The lowest BCUT2D eigenvalue weighted by molar-refractivity contribution is 0.318. The quantitative estimate of drug-likeness (QED) is 0.836. The number of sulfonamides is 1. The Morgan fingerprint density at radius 1 is 1.44 bits per heavy atom. The van der Waals surface area contributed by atoms with Gasteiger partial charge in [0.05, 0.1) is 0 Å². The molecule has 0 atom stereocenters. The van der Waals surface area contributed by atoms with E-state index in [4.69, 9.17) is 9.88 Å². The number of ether oxygens (including phenoxy) is 1. The Bertz CT molecular complexity index is 570. The van der Waals surface area contributed by atoms with E-state index < -0.39 is 32.3 Å². The van der Waals surface area contributed by atoms with Crippen LogP contribution in [0.15, 0.2) is 29.2 Å². The topological polar surface area (TPSA) is 69.4 Å². The first-order valence-corrected chi connectivity index (χ1v) is 6.61. The fourth-order valence-corrected chi connectivity index (χ4v) is 1.86. The second-order valence-corrected chi connectivity index (χ2v) is 5.18. The van der Waals surface area contributed by atoms with Crippen molar-refractivity contribution in [2.24, 2.45) is 5.14 Å². The molecule has 2 N–H and O–H groups in total. The van der Waals surface area contributed by atoms with Gasteiger partial charge in [-0.05, 0) is 18.1 Å². The van der Waals surface area contributed by atoms with Gasteiger partial charge in [-0.2, -0.15) is 0 Å². The van der Waals surface area contributed by atoms with Crippen LogP contribution in [0.25, 0.3) is 0 Å². The van der Waals surface area contributed by atoms with Crippen molar-refractivity contribution in [2.45, 2.75) is 18.2 Å². The van der Waals surface area contributed by atoms with Gasteiger partial charge >= 0.3 is 0 Å². The normalized spacial score (nSPS) is 11.3. The first kappa shape index (κ1) is 14.6. The zero-order valence-corrected chi connectivity index (χ0v) is 10.6. The molecule has 0 heterocycles.